The van der Waals surface area contributed by atoms with Crippen molar-refractivity contribution < 1.29 is 19.8 Å². The monoisotopic (exact) mass is 286 g/mol. The highest BCUT2D eigenvalue weighted by Crippen LogP contribution is 2.24. The largest absolute Gasteiger partial charge is 0.480 e. The molecule has 2 N–H and O–H groups in total. The highest BCUT2D eigenvalue weighted by atomic mass is 16.4. The minimum atomic E-state index is -1.10. The third kappa shape index (κ3) is 2.34. The number of amides is 1. The van der Waals surface area contributed by atoms with Crippen molar-refractivity contribution in [1.29, 1.82) is 0 Å². The van der Waals surface area contributed by atoms with Gasteiger partial charge in [0.25, 0.3) is 5.91 Å². The molecular weight excluding hydrogens is 272 g/mol. The summed E-state index contributed by atoms with van der Waals surface area (Å²) in [7, 11) is 0. The van der Waals surface area contributed by atoms with Crippen LogP contribution in [0.5, 0.6) is 0 Å². The van der Waals surface area contributed by atoms with Gasteiger partial charge in [0.1, 0.15) is 6.04 Å². The second kappa shape index (κ2) is 5.14. The molecule has 2 atom stereocenters. The minimum absolute atomic E-state index is 0.0342. The topological polar surface area (TPSA) is 90.7 Å². The Hall–Kier alpha value is -2.47. The van der Waals surface area contributed by atoms with E-state index in [0.717, 1.165) is 0 Å². The first kappa shape index (κ1) is 13.5. The van der Waals surface area contributed by atoms with E-state index < -0.39 is 24.0 Å². The van der Waals surface area contributed by atoms with E-state index in [1.165, 1.54) is 11.1 Å². The van der Waals surface area contributed by atoms with Crippen LogP contribution in [0.3, 0.4) is 0 Å². The molecule has 0 spiro atoms. The van der Waals surface area contributed by atoms with Crippen LogP contribution in [-0.2, 0) is 4.79 Å². The number of aliphatic hydroxyl groups is 1. The third-order valence-electron chi connectivity index (χ3n) is 3.70. The van der Waals surface area contributed by atoms with Gasteiger partial charge in [-0.1, -0.05) is 18.2 Å². The number of aliphatic carboxylic acids is 1. The van der Waals surface area contributed by atoms with E-state index in [1.807, 2.05) is 6.07 Å². The average Bonchev–Trinajstić information content (AvgIpc) is 2.88. The highest BCUT2D eigenvalue weighted by molar-refractivity contribution is 6.07. The number of likely N-dealkylation sites (tertiary alicyclic amines) is 1. The summed E-state index contributed by atoms with van der Waals surface area (Å²) >= 11 is 0. The quantitative estimate of drug-likeness (QED) is 0.855. The number of carbonyl (C=O) groups is 2. The third-order valence-corrected chi connectivity index (χ3v) is 3.70. The van der Waals surface area contributed by atoms with Crippen molar-refractivity contribution in [1.82, 2.24) is 9.88 Å². The first-order chi connectivity index (χ1) is 10.1. The molecule has 1 amide bonds. The number of fused-ring (bicyclic) bond motifs is 1. The lowest BCUT2D eigenvalue weighted by Crippen LogP contribution is -2.40. The number of nitrogens with zero attached hydrogens (tertiary/aromatic N) is 2. The Morgan fingerprint density at radius 2 is 2.00 bits per heavy atom. The number of aromatic nitrogens is 1. The fourth-order valence-electron chi connectivity index (χ4n) is 2.71. The molecule has 1 aromatic carbocycles. The van der Waals surface area contributed by atoms with Gasteiger partial charge < -0.3 is 15.1 Å². The van der Waals surface area contributed by atoms with Gasteiger partial charge >= 0.3 is 5.97 Å². The number of hydrogen-bond acceptors (Lipinski definition) is 4. The summed E-state index contributed by atoms with van der Waals surface area (Å²) in [4.78, 5) is 29.3. The number of carboxylic acids is 1. The summed E-state index contributed by atoms with van der Waals surface area (Å²) in [5.41, 5.74) is 1.08. The smallest absolute Gasteiger partial charge is 0.326 e. The number of hydrogen-bond donors (Lipinski definition) is 2. The number of carboxylic acid groups (broad SMARTS) is 1. The second-order valence-electron chi connectivity index (χ2n) is 5.08. The van der Waals surface area contributed by atoms with Gasteiger partial charge in [-0.05, 0) is 12.1 Å². The molecule has 108 valence electrons. The Morgan fingerprint density at radius 1 is 1.24 bits per heavy atom. The number of para-hydroxylation sites is 1. The summed E-state index contributed by atoms with van der Waals surface area (Å²) in [6.45, 7) is 0.0342. The predicted octanol–water partition coefficient (Wildman–Crippen LogP) is 0.895. The molecule has 0 bridgehead atoms. The summed E-state index contributed by atoms with van der Waals surface area (Å²) in [5, 5.41) is 19.5. The first-order valence-corrected chi connectivity index (χ1v) is 6.63. The van der Waals surface area contributed by atoms with Crippen LogP contribution in [0, 0.1) is 0 Å². The lowest BCUT2D eigenvalue weighted by molar-refractivity contribution is -0.141. The molecule has 0 unspecified atom stereocenters. The van der Waals surface area contributed by atoms with Crippen LogP contribution in [0.2, 0.25) is 0 Å². The van der Waals surface area contributed by atoms with E-state index in [1.54, 1.807) is 24.3 Å². The van der Waals surface area contributed by atoms with Crippen LogP contribution in [0.4, 0.5) is 0 Å². The molecule has 1 saturated heterocycles. The van der Waals surface area contributed by atoms with E-state index in [4.69, 9.17) is 0 Å². The number of rotatable bonds is 2. The van der Waals surface area contributed by atoms with Crippen molar-refractivity contribution >= 4 is 22.8 Å². The zero-order valence-electron chi connectivity index (χ0n) is 11.1. The maximum atomic E-state index is 12.6. The minimum Gasteiger partial charge on any atom is -0.480 e. The zero-order chi connectivity index (χ0) is 15.0. The van der Waals surface area contributed by atoms with Gasteiger partial charge in [-0.3, -0.25) is 9.78 Å². The van der Waals surface area contributed by atoms with Crippen molar-refractivity contribution in [2.24, 2.45) is 0 Å². The van der Waals surface area contributed by atoms with Crippen LogP contribution in [0.25, 0.3) is 10.9 Å². The Bertz CT molecular complexity index is 710. The Balaban J connectivity index is 2.02. The summed E-state index contributed by atoms with van der Waals surface area (Å²) in [6.07, 6.45) is 0.783. The Kier molecular flexibility index (Phi) is 3.31. The summed E-state index contributed by atoms with van der Waals surface area (Å²) in [6, 6.07) is 7.78. The molecule has 6 heteroatoms. The maximum absolute atomic E-state index is 12.6. The van der Waals surface area contributed by atoms with Gasteiger partial charge in [-0.2, -0.15) is 0 Å². The summed E-state index contributed by atoms with van der Waals surface area (Å²) < 4.78 is 0. The Morgan fingerprint density at radius 3 is 2.76 bits per heavy atom. The molecule has 2 aromatic rings. The van der Waals surface area contributed by atoms with Crippen LogP contribution in [0.15, 0.2) is 36.5 Å². The van der Waals surface area contributed by atoms with E-state index in [9.17, 15) is 19.8 Å². The number of aliphatic hydroxyl groups excluding tert-OH is 1. The predicted molar refractivity (Wildman–Crippen MR) is 74.8 cm³/mol. The van der Waals surface area contributed by atoms with E-state index >= 15 is 0 Å². The second-order valence-corrected chi connectivity index (χ2v) is 5.08. The van der Waals surface area contributed by atoms with E-state index in [-0.39, 0.29) is 13.0 Å². The van der Waals surface area contributed by atoms with Crippen LogP contribution in [-0.4, -0.2) is 50.7 Å². The molecule has 0 saturated carbocycles. The van der Waals surface area contributed by atoms with Gasteiger partial charge in [0.05, 0.1) is 17.2 Å². The fraction of sp³-hybridized carbons (Fsp3) is 0.267. The SMILES string of the molecule is O=C(O)[C@@H]1C[C@H](O)CN1C(=O)c1ccnc2ccccc12. The number of pyridine rings is 1. The van der Waals surface area contributed by atoms with Crippen molar-refractivity contribution in [2.45, 2.75) is 18.6 Å². The van der Waals surface area contributed by atoms with Crippen LogP contribution < -0.4 is 0 Å². The molecule has 1 fully saturated rings. The molecule has 0 aliphatic carbocycles. The van der Waals surface area contributed by atoms with Gasteiger partial charge in [0.2, 0.25) is 0 Å². The number of carbonyl (C=O) groups excluding carboxylic acids is 1. The molecule has 1 aromatic heterocycles. The maximum Gasteiger partial charge on any atom is 0.326 e. The standard InChI is InChI=1S/C15H14N2O4/c18-9-7-13(15(20)21)17(8-9)14(19)11-5-6-16-12-4-2-1-3-10(11)12/h1-6,9,13,18H,7-8H2,(H,20,21)/t9-,13-/m0/s1. The molecule has 2 heterocycles. The lowest BCUT2D eigenvalue weighted by atomic mass is 10.1. The van der Waals surface area contributed by atoms with Gasteiger partial charge in [0, 0.05) is 24.5 Å². The Labute approximate surface area is 120 Å². The molecule has 1 aliphatic heterocycles. The first-order valence-electron chi connectivity index (χ1n) is 6.63. The van der Waals surface area contributed by atoms with Crippen molar-refractivity contribution in [2.75, 3.05) is 6.54 Å². The fourth-order valence-corrected chi connectivity index (χ4v) is 2.71. The van der Waals surface area contributed by atoms with Crippen LogP contribution in [0.1, 0.15) is 16.8 Å². The van der Waals surface area contributed by atoms with Gasteiger partial charge in [-0.25, -0.2) is 4.79 Å². The highest BCUT2D eigenvalue weighted by Gasteiger charge is 2.39. The number of benzene rings is 1. The van der Waals surface area contributed by atoms with Crippen LogP contribution >= 0.6 is 0 Å². The van der Waals surface area contributed by atoms with Crippen molar-refractivity contribution in [3.05, 3.63) is 42.1 Å². The number of β-amino-alcohol motifs (C(OH)–C–C–N with tert-alkyl or cyclic N) is 1. The van der Waals surface area contributed by atoms with Gasteiger partial charge in [-0.15, -0.1) is 0 Å². The molecule has 3 rings (SSSR count). The molecule has 6 nitrogen and oxygen atoms in total. The molecule has 0 radical (unpaired) electrons. The summed E-state index contributed by atoms with van der Waals surface area (Å²) in [5.74, 6) is -1.49. The molecule has 21 heavy (non-hydrogen) atoms. The van der Waals surface area contributed by atoms with Crippen molar-refractivity contribution in [3.8, 4) is 0 Å². The van der Waals surface area contributed by atoms with E-state index in [0.29, 0.717) is 16.5 Å². The van der Waals surface area contributed by atoms with Crippen molar-refractivity contribution in [3.63, 3.8) is 0 Å². The normalized spacial score (nSPS) is 21.7. The molecule has 1 aliphatic rings. The zero-order valence-corrected chi connectivity index (χ0v) is 11.1. The lowest BCUT2D eigenvalue weighted by Gasteiger charge is -2.21. The molecular formula is C15H14N2O4. The van der Waals surface area contributed by atoms with E-state index in [2.05, 4.69) is 4.98 Å². The average molecular weight is 286 g/mol. The van der Waals surface area contributed by atoms with Gasteiger partial charge in [0.15, 0.2) is 0 Å².